The molecule has 1 aliphatic heterocycles. The van der Waals surface area contributed by atoms with Crippen molar-refractivity contribution < 1.29 is 0 Å². The standard InChI is InChI=1S/C30H32N2.2ClH/c1-3-9-26(10-4-1)22-31-19-20-32(23-27-11-5-2-6-12-27)30(24-31)18-16-25-15-17-28-13-7-8-14-29(28)21-25;;/h1-15,17,21,30H,16,18-20,22-24H2;2*1H/t30-;;/m0../s1. The van der Waals surface area contributed by atoms with Crippen molar-refractivity contribution >= 4 is 35.6 Å². The number of rotatable bonds is 7. The molecule has 0 aliphatic carbocycles. The Morgan fingerprint density at radius 3 is 1.91 bits per heavy atom. The van der Waals surface area contributed by atoms with Crippen LogP contribution in [0.4, 0.5) is 0 Å². The molecule has 2 nitrogen and oxygen atoms in total. The van der Waals surface area contributed by atoms with Crippen molar-refractivity contribution in [3.63, 3.8) is 0 Å². The minimum absolute atomic E-state index is 0. The largest absolute Gasteiger partial charge is 0.296 e. The summed E-state index contributed by atoms with van der Waals surface area (Å²) in [7, 11) is 0. The lowest BCUT2D eigenvalue weighted by atomic mass is 9.98. The molecule has 34 heavy (non-hydrogen) atoms. The van der Waals surface area contributed by atoms with Crippen LogP contribution in [-0.4, -0.2) is 35.5 Å². The Kier molecular flexibility index (Phi) is 9.98. The monoisotopic (exact) mass is 492 g/mol. The highest BCUT2D eigenvalue weighted by atomic mass is 35.5. The highest BCUT2D eigenvalue weighted by Gasteiger charge is 2.26. The summed E-state index contributed by atoms with van der Waals surface area (Å²) in [6, 6.07) is 38.1. The average Bonchev–Trinajstić information content (AvgIpc) is 2.85. The van der Waals surface area contributed by atoms with Crippen LogP contribution in [0.1, 0.15) is 23.1 Å². The number of halogens is 2. The number of aryl methyl sites for hydroxylation is 1. The van der Waals surface area contributed by atoms with E-state index in [1.807, 2.05) is 0 Å². The maximum absolute atomic E-state index is 2.71. The topological polar surface area (TPSA) is 6.48 Å². The third kappa shape index (κ3) is 6.84. The number of piperazine rings is 1. The highest BCUT2D eigenvalue weighted by molar-refractivity contribution is 5.85. The molecule has 0 bridgehead atoms. The van der Waals surface area contributed by atoms with Gasteiger partial charge in [-0.05, 0) is 40.3 Å². The Hall–Kier alpha value is -2.36. The summed E-state index contributed by atoms with van der Waals surface area (Å²) in [6.07, 6.45) is 2.32. The first-order valence-corrected chi connectivity index (χ1v) is 11.9. The van der Waals surface area contributed by atoms with Crippen LogP contribution in [-0.2, 0) is 19.5 Å². The quantitative estimate of drug-likeness (QED) is 0.273. The Morgan fingerprint density at radius 1 is 0.588 bits per heavy atom. The molecule has 1 heterocycles. The van der Waals surface area contributed by atoms with E-state index in [2.05, 4.69) is 113 Å². The van der Waals surface area contributed by atoms with Gasteiger partial charge < -0.3 is 0 Å². The predicted molar refractivity (Wildman–Crippen MR) is 149 cm³/mol. The van der Waals surface area contributed by atoms with Crippen LogP contribution < -0.4 is 0 Å². The molecular formula is C30H34Cl2N2. The van der Waals surface area contributed by atoms with Crippen LogP contribution in [0.3, 0.4) is 0 Å². The summed E-state index contributed by atoms with van der Waals surface area (Å²) >= 11 is 0. The van der Waals surface area contributed by atoms with Crippen molar-refractivity contribution in [3.05, 3.63) is 120 Å². The van der Waals surface area contributed by atoms with Crippen molar-refractivity contribution in [1.82, 2.24) is 9.80 Å². The van der Waals surface area contributed by atoms with Gasteiger partial charge in [0.2, 0.25) is 0 Å². The molecule has 4 aromatic rings. The lowest BCUT2D eigenvalue weighted by molar-refractivity contribution is 0.0597. The molecule has 1 atom stereocenters. The van der Waals surface area contributed by atoms with Gasteiger partial charge in [0.25, 0.3) is 0 Å². The molecule has 1 saturated heterocycles. The molecule has 0 unspecified atom stereocenters. The van der Waals surface area contributed by atoms with Gasteiger partial charge in [-0.2, -0.15) is 0 Å². The van der Waals surface area contributed by atoms with Crippen LogP contribution in [0.15, 0.2) is 103 Å². The van der Waals surface area contributed by atoms with Gasteiger partial charge in [0, 0.05) is 38.8 Å². The van der Waals surface area contributed by atoms with Crippen LogP contribution in [0.5, 0.6) is 0 Å². The SMILES string of the molecule is Cl.Cl.c1ccc(CN2CCN(Cc3ccccc3)[C@@H](CCc3ccc4ccccc4c3)C2)cc1. The molecule has 0 aromatic heterocycles. The van der Waals surface area contributed by atoms with Crippen molar-refractivity contribution in [1.29, 1.82) is 0 Å². The van der Waals surface area contributed by atoms with E-state index in [1.165, 1.54) is 33.9 Å². The summed E-state index contributed by atoms with van der Waals surface area (Å²) in [5, 5.41) is 2.68. The first kappa shape index (κ1) is 26.2. The van der Waals surface area contributed by atoms with E-state index in [0.29, 0.717) is 6.04 Å². The third-order valence-corrected chi connectivity index (χ3v) is 6.75. The van der Waals surface area contributed by atoms with Gasteiger partial charge in [0.05, 0.1) is 0 Å². The van der Waals surface area contributed by atoms with Crippen LogP contribution in [0.2, 0.25) is 0 Å². The molecule has 178 valence electrons. The van der Waals surface area contributed by atoms with E-state index in [1.54, 1.807) is 0 Å². The van der Waals surface area contributed by atoms with Gasteiger partial charge in [-0.3, -0.25) is 9.80 Å². The Bertz CT molecular complexity index is 1130. The van der Waals surface area contributed by atoms with E-state index >= 15 is 0 Å². The molecule has 0 amide bonds. The van der Waals surface area contributed by atoms with E-state index in [-0.39, 0.29) is 24.8 Å². The lowest BCUT2D eigenvalue weighted by Crippen LogP contribution is -2.52. The fourth-order valence-electron chi connectivity index (χ4n) is 4.97. The minimum atomic E-state index is 0. The molecule has 1 aliphatic rings. The summed E-state index contributed by atoms with van der Waals surface area (Å²) < 4.78 is 0. The Labute approximate surface area is 216 Å². The van der Waals surface area contributed by atoms with Crippen LogP contribution in [0.25, 0.3) is 10.8 Å². The number of fused-ring (bicyclic) bond motifs is 1. The molecule has 4 aromatic carbocycles. The molecule has 0 saturated carbocycles. The maximum Gasteiger partial charge on any atom is 0.0237 e. The van der Waals surface area contributed by atoms with Gasteiger partial charge in [0.1, 0.15) is 0 Å². The van der Waals surface area contributed by atoms with Crippen LogP contribution in [0, 0.1) is 0 Å². The molecule has 0 N–H and O–H groups in total. The van der Waals surface area contributed by atoms with Gasteiger partial charge in [0.15, 0.2) is 0 Å². The molecule has 4 heteroatoms. The third-order valence-electron chi connectivity index (χ3n) is 6.75. The number of hydrogen-bond acceptors (Lipinski definition) is 2. The zero-order chi connectivity index (χ0) is 21.6. The molecule has 5 rings (SSSR count). The number of hydrogen-bond donors (Lipinski definition) is 0. The average molecular weight is 494 g/mol. The summed E-state index contributed by atoms with van der Waals surface area (Å²) in [5.74, 6) is 0. The van der Waals surface area contributed by atoms with Crippen molar-refractivity contribution in [2.45, 2.75) is 32.0 Å². The smallest absolute Gasteiger partial charge is 0.0237 e. The second kappa shape index (κ2) is 12.9. The molecule has 0 spiro atoms. The van der Waals surface area contributed by atoms with Gasteiger partial charge >= 0.3 is 0 Å². The summed E-state index contributed by atoms with van der Waals surface area (Å²) in [6.45, 7) is 5.49. The van der Waals surface area contributed by atoms with Gasteiger partial charge in [-0.25, -0.2) is 0 Å². The van der Waals surface area contributed by atoms with Crippen molar-refractivity contribution in [2.24, 2.45) is 0 Å². The summed E-state index contributed by atoms with van der Waals surface area (Å²) in [4.78, 5) is 5.35. The lowest BCUT2D eigenvalue weighted by Gasteiger charge is -2.42. The highest BCUT2D eigenvalue weighted by Crippen LogP contribution is 2.22. The second-order valence-corrected chi connectivity index (χ2v) is 9.05. The molecule has 1 fully saturated rings. The fourth-order valence-corrected chi connectivity index (χ4v) is 4.97. The fraction of sp³-hybridized carbons (Fsp3) is 0.267. The zero-order valence-electron chi connectivity index (χ0n) is 19.6. The minimum Gasteiger partial charge on any atom is -0.296 e. The van der Waals surface area contributed by atoms with Gasteiger partial charge in [-0.15, -0.1) is 24.8 Å². The Balaban J connectivity index is 0.00000162. The molecular weight excluding hydrogens is 459 g/mol. The zero-order valence-corrected chi connectivity index (χ0v) is 21.2. The van der Waals surface area contributed by atoms with E-state index in [9.17, 15) is 0 Å². The normalized spacial score (nSPS) is 16.5. The van der Waals surface area contributed by atoms with Gasteiger partial charge in [-0.1, -0.05) is 103 Å². The van der Waals surface area contributed by atoms with Crippen LogP contribution >= 0.6 is 24.8 Å². The second-order valence-electron chi connectivity index (χ2n) is 9.05. The molecule has 0 radical (unpaired) electrons. The van der Waals surface area contributed by atoms with E-state index in [0.717, 1.165) is 39.1 Å². The Morgan fingerprint density at radius 2 is 1.21 bits per heavy atom. The van der Waals surface area contributed by atoms with E-state index in [4.69, 9.17) is 0 Å². The maximum atomic E-state index is 2.71. The predicted octanol–water partition coefficient (Wildman–Crippen LogP) is 7.00. The first-order valence-electron chi connectivity index (χ1n) is 11.9. The number of nitrogens with zero attached hydrogens (tertiary/aromatic N) is 2. The first-order chi connectivity index (χ1) is 15.8. The van der Waals surface area contributed by atoms with Crippen molar-refractivity contribution in [3.8, 4) is 0 Å². The van der Waals surface area contributed by atoms with E-state index < -0.39 is 0 Å². The number of benzene rings is 4. The summed E-state index contributed by atoms with van der Waals surface area (Å²) in [5.41, 5.74) is 4.28. The van der Waals surface area contributed by atoms with Crippen molar-refractivity contribution in [2.75, 3.05) is 19.6 Å².